The Bertz CT molecular complexity index is 1190. The highest BCUT2D eigenvalue weighted by Crippen LogP contribution is 2.45. The number of para-hydroxylation sites is 1. The molecule has 144 valence electrons. The van der Waals surface area contributed by atoms with Crippen molar-refractivity contribution in [3.8, 4) is 0 Å². The molecule has 0 saturated carbocycles. The zero-order chi connectivity index (χ0) is 20.0. The van der Waals surface area contributed by atoms with E-state index in [1.165, 1.54) is 23.1 Å². The number of rotatable bonds is 3. The molecule has 0 N–H and O–H groups in total. The fraction of sp³-hybridized carbons (Fsp3) is 0.211. The largest absolute Gasteiger partial charge is 0.337 e. The minimum atomic E-state index is -0.135. The second kappa shape index (κ2) is 7.55. The van der Waals surface area contributed by atoms with Crippen molar-refractivity contribution in [3.05, 3.63) is 56.5 Å². The molecule has 5 nitrogen and oxygen atoms in total. The van der Waals surface area contributed by atoms with Crippen LogP contribution < -0.4 is 19.7 Å². The third kappa shape index (κ3) is 2.97. The molecule has 0 spiro atoms. The average Bonchev–Trinajstić information content (AvgIpc) is 3.28. The van der Waals surface area contributed by atoms with Crippen molar-refractivity contribution >= 4 is 72.9 Å². The predicted molar refractivity (Wildman–Crippen MR) is 123 cm³/mol. The summed E-state index contributed by atoms with van der Waals surface area (Å²) in [7, 11) is 1.96. The number of thiocarbonyl (C=S) groups is 1. The summed E-state index contributed by atoms with van der Waals surface area (Å²) in [6.45, 7) is 6.52. The number of amides is 1. The minimum absolute atomic E-state index is 0.108. The molecule has 0 aliphatic carbocycles. The lowest BCUT2D eigenvalue weighted by Gasteiger charge is -2.11. The van der Waals surface area contributed by atoms with E-state index in [-0.39, 0.29) is 11.5 Å². The number of hydrogen-bond acceptors (Lipinski definition) is 7. The normalized spacial score (nSPS) is 20.2. The maximum Gasteiger partial charge on any atom is 0.272 e. The fourth-order valence-corrected chi connectivity index (χ4v) is 7.11. The Balaban J connectivity index is 2.00. The molecular weight excluding hydrogens is 430 g/mol. The van der Waals surface area contributed by atoms with Gasteiger partial charge in [-0.1, -0.05) is 54.0 Å². The van der Waals surface area contributed by atoms with Gasteiger partial charge in [-0.05, 0) is 19.1 Å². The molecule has 0 atom stereocenters. The molecule has 0 radical (unpaired) electrons. The molecular formula is C19H17N3O2S4. The van der Waals surface area contributed by atoms with Crippen molar-refractivity contribution in [1.82, 2.24) is 9.47 Å². The highest BCUT2D eigenvalue weighted by molar-refractivity contribution is 8.30. The molecule has 1 aromatic heterocycles. The standard InChI is InChI=1S/C19H17N3O2S4/c1-4-10-22-16(24)13(17-20(3)11-8-6-7-9-12(11)26-17)27-18(22)14-15(23)21(5-2)19(25)28-14/h4,6-9H,1,5,10H2,2-3H3. The first-order valence-electron chi connectivity index (χ1n) is 8.61. The molecule has 1 saturated heterocycles. The SMILES string of the molecule is C=CCn1c(=C2SC(=S)N(CC)C2=O)sc(=C2Sc3ccccc3N2C)c1=O. The summed E-state index contributed by atoms with van der Waals surface area (Å²) in [5.74, 6) is -0.135. The highest BCUT2D eigenvalue weighted by Gasteiger charge is 2.33. The lowest BCUT2D eigenvalue weighted by atomic mass is 10.3. The molecule has 1 fully saturated rings. The number of allylic oxidation sites excluding steroid dienone is 1. The smallest absolute Gasteiger partial charge is 0.272 e. The van der Waals surface area contributed by atoms with Crippen molar-refractivity contribution in [2.75, 3.05) is 18.5 Å². The summed E-state index contributed by atoms with van der Waals surface area (Å²) in [4.78, 5) is 31.3. The van der Waals surface area contributed by atoms with Gasteiger partial charge in [0.25, 0.3) is 11.5 Å². The van der Waals surface area contributed by atoms with Crippen LogP contribution in [0.4, 0.5) is 5.69 Å². The van der Waals surface area contributed by atoms with Gasteiger partial charge in [-0.25, -0.2) is 0 Å². The number of thioether (sulfide) groups is 2. The molecule has 3 heterocycles. The van der Waals surface area contributed by atoms with E-state index in [9.17, 15) is 9.59 Å². The lowest BCUT2D eigenvalue weighted by molar-refractivity contribution is -0.120. The fourth-order valence-electron chi connectivity index (χ4n) is 3.11. The maximum atomic E-state index is 13.2. The average molecular weight is 448 g/mol. The summed E-state index contributed by atoms with van der Waals surface area (Å²) in [5, 5.41) is 0.881. The van der Waals surface area contributed by atoms with Crippen LogP contribution in [0.3, 0.4) is 0 Å². The van der Waals surface area contributed by atoms with Crippen LogP contribution in [0.15, 0.2) is 46.6 Å². The maximum absolute atomic E-state index is 13.2. The summed E-state index contributed by atoms with van der Waals surface area (Å²) in [6.07, 6.45) is 1.67. The van der Waals surface area contributed by atoms with Crippen LogP contribution in [0.25, 0.3) is 9.93 Å². The van der Waals surface area contributed by atoms with Gasteiger partial charge in [0, 0.05) is 25.0 Å². The number of hydrogen-bond donors (Lipinski definition) is 0. The van der Waals surface area contributed by atoms with Crippen LogP contribution in [-0.2, 0) is 11.3 Å². The zero-order valence-corrected chi connectivity index (χ0v) is 18.6. The van der Waals surface area contributed by atoms with Crippen LogP contribution in [0.5, 0.6) is 0 Å². The monoisotopic (exact) mass is 447 g/mol. The summed E-state index contributed by atoms with van der Waals surface area (Å²) in [5.41, 5.74) is 0.966. The first-order chi connectivity index (χ1) is 13.5. The van der Waals surface area contributed by atoms with Gasteiger partial charge in [-0.15, -0.1) is 17.9 Å². The first kappa shape index (κ1) is 19.5. The highest BCUT2D eigenvalue weighted by atomic mass is 32.2. The Labute approximate surface area is 180 Å². The van der Waals surface area contributed by atoms with Crippen LogP contribution in [0.1, 0.15) is 6.92 Å². The second-order valence-corrected chi connectivity index (χ2v) is 9.80. The summed E-state index contributed by atoms with van der Waals surface area (Å²) < 4.78 is 3.43. The van der Waals surface area contributed by atoms with E-state index in [1.807, 2.05) is 43.1 Å². The number of nitrogens with zero attached hydrogens (tertiary/aromatic N) is 3. The van der Waals surface area contributed by atoms with E-state index in [0.717, 1.165) is 15.6 Å². The van der Waals surface area contributed by atoms with Gasteiger partial charge in [0.15, 0.2) is 0 Å². The Kier molecular flexibility index (Phi) is 5.26. The Hall–Kier alpha value is -1.81. The van der Waals surface area contributed by atoms with Gasteiger partial charge in [0.05, 0.1) is 5.69 Å². The van der Waals surface area contributed by atoms with E-state index in [2.05, 4.69) is 6.58 Å². The van der Waals surface area contributed by atoms with Crippen molar-refractivity contribution < 1.29 is 4.79 Å². The third-order valence-corrected chi connectivity index (χ3v) is 8.61. The van der Waals surface area contributed by atoms with Gasteiger partial charge in [0.1, 0.15) is 23.4 Å². The first-order valence-corrected chi connectivity index (χ1v) is 11.5. The second-order valence-electron chi connectivity index (χ2n) is 6.12. The predicted octanol–water partition coefficient (Wildman–Crippen LogP) is 2.39. The van der Waals surface area contributed by atoms with Crippen molar-refractivity contribution in [3.63, 3.8) is 0 Å². The van der Waals surface area contributed by atoms with Crippen LogP contribution in [0.2, 0.25) is 0 Å². The minimum Gasteiger partial charge on any atom is -0.337 e. The van der Waals surface area contributed by atoms with Gasteiger partial charge in [-0.2, -0.15) is 0 Å². The van der Waals surface area contributed by atoms with Crippen LogP contribution >= 0.6 is 47.1 Å². The Morgan fingerprint density at radius 1 is 1.21 bits per heavy atom. The zero-order valence-electron chi connectivity index (χ0n) is 15.3. The van der Waals surface area contributed by atoms with E-state index in [1.54, 1.807) is 27.3 Å². The van der Waals surface area contributed by atoms with Gasteiger partial charge in [0.2, 0.25) is 0 Å². The number of carbonyl (C=O) groups is 1. The molecule has 9 heteroatoms. The molecule has 0 unspecified atom stereocenters. The molecule has 2 aliphatic heterocycles. The van der Waals surface area contributed by atoms with E-state index >= 15 is 0 Å². The summed E-state index contributed by atoms with van der Waals surface area (Å²) >= 11 is 9.53. The third-order valence-electron chi connectivity index (χ3n) is 4.49. The van der Waals surface area contributed by atoms with E-state index in [0.29, 0.717) is 31.5 Å². The number of aromatic nitrogens is 1. The van der Waals surface area contributed by atoms with Gasteiger partial charge >= 0.3 is 0 Å². The van der Waals surface area contributed by atoms with Crippen LogP contribution in [0, 0.1) is 0 Å². The van der Waals surface area contributed by atoms with E-state index in [4.69, 9.17) is 12.2 Å². The van der Waals surface area contributed by atoms with Crippen molar-refractivity contribution in [2.45, 2.75) is 18.4 Å². The van der Waals surface area contributed by atoms with Crippen molar-refractivity contribution in [1.29, 1.82) is 0 Å². The molecule has 1 aromatic carbocycles. The molecule has 1 amide bonds. The van der Waals surface area contributed by atoms with Gasteiger partial charge < -0.3 is 4.90 Å². The topological polar surface area (TPSA) is 45.6 Å². The number of carbonyl (C=O) groups excluding carboxylic acids is 1. The van der Waals surface area contributed by atoms with Crippen LogP contribution in [-0.4, -0.2) is 33.3 Å². The van der Waals surface area contributed by atoms with Crippen molar-refractivity contribution in [2.24, 2.45) is 0 Å². The lowest BCUT2D eigenvalue weighted by Crippen LogP contribution is -2.34. The number of benzene rings is 1. The Morgan fingerprint density at radius 3 is 2.61 bits per heavy atom. The molecule has 0 bridgehead atoms. The number of thiazole rings is 1. The number of anilines is 1. The number of fused-ring (bicyclic) bond motifs is 1. The molecule has 28 heavy (non-hydrogen) atoms. The molecule has 2 aromatic rings. The molecule has 2 aliphatic rings. The summed E-state index contributed by atoms with van der Waals surface area (Å²) in [6, 6.07) is 8.05. The quantitative estimate of drug-likeness (QED) is 0.532. The van der Waals surface area contributed by atoms with Gasteiger partial charge in [-0.3, -0.25) is 19.1 Å². The van der Waals surface area contributed by atoms with E-state index < -0.39 is 0 Å². The molecule has 4 rings (SSSR count). The Morgan fingerprint density at radius 2 is 1.96 bits per heavy atom.